The van der Waals surface area contributed by atoms with Crippen LogP contribution in [0.3, 0.4) is 0 Å². The summed E-state index contributed by atoms with van der Waals surface area (Å²) in [6.45, 7) is 6.33. The second-order valence-electron chi connectivity index (χ2n) is 7.19. The van der Waals surface area contributed by atoms with Crippen molar-refractivity contribution in [3.05, 3.63) is 99.6 Å². The minimum absolute atomic E-state index is 0.781. The summed E-state index contributed by atoms with van der Waals surface area (Å²) < 4.78 is 5.68. The van der Waals surface area contributed by atoms with Crippen molar-refractivity contribution in [3.63, 3.8) is 0 Å². The summed E-state index contributed by atoms with van der Waals surface area (Å²) in [6, 6.07) is 20.7. The zero-order valence-corrected chi connectivity index (χ0v) is 17.6. The van der Waals surface area contributed by atoms with Gasteiger partial charge in [-0.3, -0.25) is 0 Å². The van der Waals surface area contributed by atoms with Crippen molar-refractivity contribution < 1.29 is 4.74 Å². The fourth-order valence-corrected chi connectivity index (χ4v) is 3.07. The molecule has 0 radical (unpaired) electrons. The normalized spacial score (nSPS) is 9.79. The maximum atomic E-state index is 5.68. The number of hydrogen-bond acceptors (Lipinski definition) is 1. The van der Waals surface area contributed by atoms with Crippen LogP contribution in [0.5, 0.6) is 5.75 Å². The van der Waals surface area contributed by atoms with Crippen molar-refractivity contribution in [3.8, 4) is 29.4 Å². The molecule has 0 spiro atoms. The third-order valence-corrected chi connectivity index (χ3v) is 4.71. The first-order valence-electron chi connectivity index (χ1n) is 9.97. The number of hydrogen-bond donors (Lipinski definition) is 0. The summed E-state index contributed by atoms with van der Waals surface area (Å²) in [5, 5.41) is 0. The molecule has 3 aromatic carbocycles. The highest BCUT2D eigenvalue weighted by Gasteiger charge is 2.09. The summed E-state index contributed by atoms with van der Waals surface area (Å²) in [6.07, 6.45) is 1.98. The Labute approximate surface area is 174 Å². The van der Waals surface area contributed by atoms with Crippen molar-refractivity contribution in [2.75, 3.05) is 7.11 Å². The Kier molecular flexibility index (Phi) is 6.78. The molecule has 3 rings (SSSR count). The van der Waals surface area contributed by atoms with E-state index in [-0.39, 0.29) is 0 Å². The fourth-order valence-electron chi connectivity index (χ4n) is 3.07. The van der Waals surface area contributed by atoms with Gasteiger partial charge in [0.25, 0.3) is 0 Å². The first kappa shape index (κ1) is 20.3. The highest BCUT2D eigenvalue weighted by atomic mass is 16.5. The summed E-state index contributed by atoms with van der Waals surface area (Å²) in [5.74, 6) is 13.9. The van der Waals surface area contributed by atoms with E-state index in [1.54, 1.807) is 7.11 Å². The number of ether oxygens (including phenoxy) is 1. The maximum Gasteiger partial charge on any atom is 0.136 e. The SMILES string of the molecule is CCCc1cc(C#Cc2ccc(C)cc2)cc(OC)c1C#Cc1ccc(C)cc1. The lowest BCUT2D eigenvalue weighted by Crippen LogP contribution is -1.97. The van der Waals surface area contributed by atoms with E-state index in [9.17, 15) is 0 Å². The van der Waals surface area contributed by atoms with Crippen molar-refractivity contribution in [2.24, 2.45) is 0 Å². The highest BCUT2D eigenvalue weighted by Crippen LogP contribution is 2.25. The third kappa shape index (κ3) is 5.54. The van der Waals surface area contributed by atoms with Gasteiger partial charge in [-0.25, -0.2) is 0 Å². The van der Waals surface area contributed by atoms with Crippen LogP contribution < -0.4 is 4.74 Å². The molecule has 0 fully saturated rings. The van der Waals surface area contributed by atoms with Gasteiger partial charge in [0.1, 0.15) is 5.75 Å². The van der Waals surface area contributed by atoms with Crippen LogP contribution in [0.2, 0.25) is 0 Å². The van der Waals surface area contributed by atoms with Crippen molar-refractivity contribution in [1.29, 1.82) is 0 Å². The zero-order chi connectivity index (χ0) is 20.6. The molecule has 0 heterocycles. The lowest BCUT2D eigenvalue weighted by atomic mass is 9.98. The van der Waals surface area contributed by atoms with Gasteiger partial charge in [0.2, 0.25) is 0 Å². The minimum Gasteiger partial charge on any atom is -0.495 e. The van der Waals surface area contributed by atoms with Crippen molar-refractivity contribution in [1.82, 2.24) is 0 Å². The summed E-state index contributed by atoms with van der Waals surface area (Å²) in [7, 11) is 1.69. The Morgan fingerprint density at radius 2 is 1.21 bits per heavy atom. The molecule has 0 atom stereocenters. The zero-order valence-electron chi connectivity index (χ0n) is 17.6. The quantitative estimate of drug-likeness (QED) is 0.503. The summed E-state index contributed by atoms with van der Waals surface area (Å²) >= 11 is 0. The van der Waals surface area contributed by atoms with Gasteiger partial charge in [-0.05, 0) is 62.2 Å². The molecular formula is C28H26O. The van der Waals surface area contributed by atoms with Gasteiger partial charge >= 0.3 is 0 Å². The monoisotopic (exact) mass is 378 g/mol. The van der Waals surface area contributed by atoms with Crippen LogP contribution >= 0.6 is 0 Å². The van der Waals surface area contributed by atoms with Crippen LogP contribution in [-0.2, 0) is 6.42 Å². The van der Waals surface area contributed by atoms with Gasteiger partial charge in [0.05, 0.1) is 12.7 Å². The van der Waals surface area contributed by atoms with Crippen LogP contribution in [0.15, 0.2) is 60.7 Å². The first-order chi connectivity index (χ1) is 14.1. The smallest absolute Gasteiger partial charge is 0.136 e. The van der Waals surface area contributed by atoms with Crippen LogP contribution in [0.25, 0.3) is 0 Å². The molecule has 0 bridgehead atoms. The predicted molar refractivity (Wildman–Crippen MR) is 121 cm³/mol. The maximum absolute atomic E-state index is 5.68. The van der Waals surface area contributed by atoms with Crippen molar-refractivity contribution in [2.45, 2.75) is 33.6 Å². The number of methoxy groups -OCH3 is 1. The minimum atomic E-state index is 0.781. The van der Waals surface area contributed by atoms with E-state index in [4.69, 9.17) is 4.74 Å². The first-order valence-corrected chi connectivity index (χ1v) is 9.97. The third-order valence-electron chi connectivity index (χ3n) is 4.71. The van der Waals surface area contributed by atoms with Gasteiger partial charge in [-0.15, -0.1) is 0 Å². The highest BCUT2D eigenvalue weighted by molar-refractivity contribution is 5.59. The second-order valence-corrected chi connectivity index (χ2v) is 7.19. The molecule has 0 aliphatic carbocycles. The van der Waals surface area contributed by atoms with Gasteiger partial charge in [-0.2, -0.15) is 0 Å². The topological polar surface area (TPSA) is 9.23 Å². The van der Waals surface area contributed by atoms with Crippen LogP contribution in [0.1, 0.15) is 52.3 Å². The van der Waals surface area contributed by atoms with E-state index in [1.165, 1.54) is 16.7 Å². The van der Waals surface area contributed by atoms with E-state index in [0.29, 0.717) is 0 Å². The average molecular weight is 379 g/mol. The van der Waals surface area contributed by atoms with Gasteiger partial charge in [-0.1, -0.05) is 72.4 Å². The fraction of sp³-hybridized carbons (Fsp3) is 0.214. The molecule has 0 aliphatic rings. The van der Waals surface area contributed by atoms with Gasteiger partial charge in [0, 0.05) is 16.7 Å². The molecule has 0 saturated heterocycles. The van der Waals surface area contributed by atoms with E-state index >= 15 is 0 Å². The molecule has 0 amide bonds. The number of benzene rings is 3. The lowest BCUT2D eigenvalue weighted by Gasteiger charge is -2.10. The lowest BCUT2D eigenvalue weighted by molar-refractivity contribution is 0.413. The Bertz CT molecular complexity index is 1100. The van der Waals surface area contributed by atoms with E-state index < -0.39 is 0 Å². The molecule has 0 aromatic heterocycles. The molecule has 29 heavy (non-hydrogen) atoms. The van der Waals surface area contributed by atoms with Gasteiger partial charge < -0.3 is 4.74 Å². The molecule has 144 valence electrons. The second kappa shape index (κ2) is 9.68. The average Bonchev–Trinajstić information content (AvgIpc) is 2.73. The molecule has 0 unspecified atom stereocenters. The number of rotatable bonds is 3. The Morgan fingerprint density at radius 1 is 0.690 bits per heavy atom. The van der Waals surface area contributed by atoms with E-state index in [2.05, 4.69) is 86.9 Å². The van der Waals surface area contributed by atoms with E-state index in [0.717, 1.165) is 40.8 Å². The molecular weight excluding hydrogens is 352 g/mol. The van der Waals surface area contributed by atoms with E-state index in [1.807, 2.05) is 18.2 Å². The molecule has 3 aromatic rings. The summed E-state index contributed by atoms with van der Waals surface area (Å²) in [5.41, 5.74) is 7.57. The molecule has 1 heteroatoms. The molecule has 1 nitrogen and oxygen atoms in total. The molecule has 0 aliphatic heterocycles. The number of aryl methyl sites for hydroxylation is 3. The van der Waals surface area contributed by atoms with Gasteiger partial charge in [0.15, 0.2) is 0 Å². The van der Waals surface area contributed by atoms with Crippen LogP contribution in [0, 0.1) is 37.5 Å². The standard InChI is InChI=1S/C28H26O/c1-5-6-26-19-25(16-15-23-11-7-21(2)8-12-23)20-28(29-4)27(26)18-17-24-13-9-22(3)10-14-24/h7-14,19-20H,5-6H2,1-4H3. The Hall–Kier alpha value is -3.42. The van der Waals surface area contributed by atoms with Crippen LogP contribution in [0.4, 0.5) is 0 Å². The Morgan fingerprint density at radius 3 is 1.72 bits per heavy atom. The largest absolute Gasteiger partial charge is 0.495 e. The predicted octanol–water partition coefficient (Wildman–Crippen LogP) is 6.06. The van der Waals surface area contributed by atoms with Crippen molar-refractivity contribution >= 4 is 0 Å². The van der Waals surface area contributed by atoms with Crippen LogP contribution in [-0.4, -0.2) is 7.11 Å². The molecule has 0 saturated carbocycles. The Balaban J connectivity index is 1.99. The molecule has 0 N–H and O–H groups in total. The summed E-state index contributed by atoms with van der Waals surface area (Å²) in [4.78, 5) is 0.